The molecule has 1 N–H and O–H groups in total. The zero-order valence-electron chi connectivity index (χ0n) is 8.71. The molecule has 0 aromatic rings. The van der Waals surface area contributed by atoms with E-state index in [1.54, 1.807) is 0 Å². The van der Waals surface area contributed by atoms with Gasteiger partial charge in [0, 0.05) is 35.1 Å². The van der Waals surface area contributed by atoms with Crippen LogP contribution in [0.4, 0.5) is 0 Å². The Labute approximate surface area is 90.8 Å². The standard InChI is InChI=1S/C10H21NS2/c1-3-9(4-2)11-7-10-8-12-5-6-13-10/h9-11H,3-8H2,1-2H3. The van der Waals surface area contributed by atoms with Gasteiger partial charge in [-0.1, -0.05) is 13.8 Å². The molecule has 78 valence electrons. The van der Waals surface area contributed by atoms with E-state index in [9.17, 15) is 0 Å². The summed E-state index contributed by atoms with van der Waals surface area (Å²) in [5.41, 5.74) is 0. The van der Waals surface area contributed by atoms with Gasteiger partial charge in [0.2, 0.25) is 0 Å². The molecule has 0 spiro atoms. The van der Waals surface area contributed by atoms with Crippen molar-refractivity contribution in [3.63, 3.8) is 0 Å². The molecular formula is C10H21NS2. The normalized spacial score (nSPS) is 23.8. The molecule has 0 saturated carbocycles. The van der Waals surface area contributed by atoms with Crippen molar-refractivity contribution in [3.8, 4) is 0 Å². The summed E-state index contributed by atoms with van der Waals surface area (Å²) in [5.74, 6) is 4.05. The van der Waals surface area contributed by atoms with Gasteiger partial charge in [0.05, 0.1) is 0 Å². The van der Waals surface area contributed by atoms with Crippen molar-refractivity contribution >= 4 is 23.5 Å². The minimum absolute atomic E-state index is 0.743. The minimum atomic E-state index is 0.743. The second-order valence-corrected chi connectivity index (χ2v) is 6.05. The molecule has 3 heteroatoms. The van der Waals surface area contributed by atoms with Crippen LogP contribution < -0.4 is 5.32 Å². The molecule has 1 rings (SSSR count). The fourth-order valence-electron chi connectivity index (χ4n) is 1.53. The highest BCUT2D eigenvalue weighted by Crippen LogP contribution is 2.23. The summed E-state index contributed by atoms with van der Waals surface area (Å²) < 4.78 is 0. The molecule has 13 heavy (non-hydrogen) atoms. The zero-order chi connectivity index (χ0) is 9.52. The summed E-state index contributed by atoms with van der Waals surface area (Å²) in [7, 11) is 0. The third kappa shape index (κ3) is 4.61. The van der Waals surface area contributed by atoms with Gasteiger partial charge in [0.15, 0.2) is 0 Å². The molecule has 0 aliphatic carbocycles. The monoisotopic (exact) mass is 219 g/mol. The maximum atomic E-state index is 3.65. The third-order valence-corrected chi connectivity index (χ3v) is 5.35. The number of hydrogen-bond donors (Lipinski definition) is 1. The van der Waals surface area contributed by atoms with Gasteiger partial charge < -0.3 is 5.32 Å². The van der Waals surface area contributed by atoms with Crippen molar-refractivity contribution in [3.05, 3.63) is 0 Å². The summed E-state index contributed by atoms with van der Waals surface area (Å²) in [5, 5.41) is 4.52. The van der Waals surface area contributed by atoms with E-state index in [2.05, 4.69) is 42.7 Å². The molecule has 0 radical (unpaired) electrons. The van der Waals surface area contributed by atoms with Gasteiger partial charge in [0.1, 0.15) is 0 Å². The van der Waals surface area contributed by atoms with Crippen molar-refractivity contribution in [2.24, 2.45) is 0 Å². The molecule has 1 fully saturated rings. The van der Waals surface area contributed by atoms with Gasteiger partial charge in [-0.2, -0.15) is 23.5 Å². The Balaban J connectivity index is 2.09. The Morgan fingerprint density at radius 1 is 1.31 bits per heavy atom. The van der Waals surface area contributed by atoms with Gasteiger partial charge >= 0.3 is 0 Å². The smallest absolute Gasteiger partial charge is 0.0263 e. The quantitative estimate of drug-likeness (QED) is 0.763. The van der Waals surface area contributed by atoms with Gasteiger partial charge in [-0.25, -0.2) is 0 Å². The van der Waals surface area contributed by atoms with Gasteiger partial charge in [-0.05, 0) is 12.8 Å². The van der Waals surface area contributed by atoms with Crippen molar-refractivity contribution < 1.29 is 0 Å². The Bertz CT molecular complexity index is 120. The Morgan fingerprint density at radius 2 is 2.08 bits per heavy atom. The van der Waals surface area contributed by atoms with E-state index in [-0.39, 0.29) is 0 Å². The van der Waals surface area contributed by atoms with E-state index in [1.807, 2.05) is 0 Å². The maximum Gasteiger partial charge on any atom is 0.0263 e. The van der Waals surface area contributed by atoms with Crippen LogP contribution in [-0.4, -0.2) is 35.1 Å². The van der Waals surface area contributed by atoms with Gasteiger partial charge in [-0.3, -0.25) is 0 Å². The fraction of sp³-hybridized carbons (Fsp3) is 1.00. The second kappa shape index (κ2) is 7.02. The number of rotatable bonds is 5. The van der Waals surface area contributed by atoms with Crippen LogP contribution in [0.2, 0.25) is 0 Å². The summed E-state index contributed by atoms with van der Waals surface area (Å²) in [6.07, 6.45) is 2.53. The van der Waals surface area contributed by atoms with Crippen molar-refractivity contribution in [1.82, 2.24) is 5.32 Å². The fourth-order valence-corrected chi connectivity index (χ4v) is 4.15. The SMILES string of the molecule is CCC(CC)NCC1CSCCS1. The van der Waals surface area contributed by atoms with Crippen molar-refractivity contribution in [2.45, 2.75) is 38.0 Å². The number of thioether (sulfide) groups is 2. The largest absolute Gasteiger partial charge is 0.313 e. The molecule has 0 bridgehead atoms. The molecule has 1 aliphatic heterocycles. The number of nitrogens with one attached hydrogen (secondary N) is 1. The van der Waals surface area contributed by atoms with Crippen molar-refractivity contribution in [1.29, 1.82) is 0 Å². The molecule has 1 heterocycles. The lowest BCUT2D eigenvalue weighted by Gasteiger charge is -2.24. The third-order valence-electron chi connectivity index (χ3n) is 2.50. The Kier molecular flexibility index (Phi) is 6.33. The van der Waals surface area contributed by atoms with Crippen molar-refractivity contribution in [2.75, 3.05) is 23.8 Å². The van der Waals surface area contributed by atoms with Gasteiger partial charge in [0.25, 0.3) is 0 Å². The first-order valence-corrected chi connectivity index (χ1v) is 7.49. The first-order valence-electron chi connectivity index (χ1n) is 5.29. The highest BCUT2D eigenvalue weighted by molar-refractivity contribution is 8.06. The molecule has 1 saturated heterocycles. The highest BCUT2D eigenvalue weighted by atomic mass is 32.2. The molecule has 0 amide bonds. The molecule has 1 atom stereocenters. The molecule has 0 aromatic carbocycles. The summed E-state index contributed by atoms with van der Waals surface area (Å²) in [4.78, 5) is 0. The predicted octanol–water partition coefficient (Wildman–Crippen LogP) is 2.61. The highest BCUT2D eigenvalue weighted by Gasteiger charge is 2.14. The lowest BCUT2D eigenvalue weighted by atomic mass is 10.2. The van der Waals surface area contributed by atoms with Crippen LogP contribution >= 0.6 is 23.5 Å². The zero-order valence-corrected chi connectivity index (χ0v) is 10.3. The Hall–Kier alpha value is 0.660. The topological polar surface area (TPSA) is 12.0 Å². The van der Waals surface area contributed by atoms with E-state index >= 15 is 0 Å². The molecule has 1 aliphatic rings. The summed E-state index contributed by atoms with van der Waals surface area (Å²) >= 11 is 4.25. The molecular weight excluding hydrogens is 198 g/mol. The first kappa shape index (κ1) is 11.7. The molecule has 1 unspecified atom stereocenters. The van der Waals surface area contributed by atoms with E-state index in [0.29, 0.717) is 0 Å². The predicted molar refractivity (Wildman–Crippen MR) is 65.9 cm³/mol. The van der Waals surface area contributed by atoms with Crippen LogP contribution in [0.25, 0.3) is 0 Å². The summed E-state index contributed by atoms with van der Waals surface area (Å²) in [6.45, 7) is 5.75. The van der Waals surface area contributed by atoms with E-state index in [1.165, 1.54) is 36.6 Å². The number of hydrogen-bond acceptors (Lipinski definition) is 3. The molecule has 1 nitrogen and oxygen atoms in total. The van der Waals surface area contributed by atoms with Crippen LogP contribution in [0.1, 0.15) is 26.7 Å². The van der Waals surface area contributed by atoms with E-state index in [4.69, 9.17) is 0 Å². The molecule has 0 aromatic heterocycles. The van der Waals surface area contributed by atoms with E-state index < -0.39 is 0 Å². The van der Waals surface area contributed by atoms with E-state index in [0.717, 1.165) is 11.3 Å². The first-order chi connectivity index (χ1) is 6.36. The lowest BCUT2D eigenvalue weighted by Crippen LogP contribution is -2.35. The maximum absolute atomic E-state index is 3.65. The Morgan fingerprint density at radius 3 is 2.62 bits per heavy atom. The average Bonchev–Trinajstić information content (AvgIpc) is 2.21. The van der Waals surface area contributed by atoms with Crippen LogP contribution in [0.3, 0.4) is 0 Å². The van der Waals surface area contributed by atoms with Crippen LogP contribution in [-0.2, 0) is 0 Å². The van der Waals surface area contributed by atoms with Gasteiger partial charge in [-0.15, -0.1) is 0 Å². The average molecular weight is 219 g/mol. The minimum Gasteiger partial charge on any atom is -0.313 e. The van der Waals surface area contributed by atoms with Crippen LogP contribution in [0.15, 0.2) is 0 Å². The summed E-state index contributed by atoms with van der Waals surface area (Å²) in [6, 6.07) is 0.743. The van der Waals surface area contributed by atoms with Crippen LogP contribution in [0.5, 0.6) is 0 Å². The second-order valence-electron chi connectivity index (χ2n) is 3.49. The lowest BCUT2D eigenvalue weighted by molar-refractivity contribution is 0.488. The van der Waals surface area contributed by atoms with Crippen LogP contribution in [0, 0.1) is 0 Å².